The Balaban J connectivity index is 1.31. The van der Waals surface area contributed by atoms with E-state index in [4.69, 9.17) is 9.72 Å². The largest absolute Gasteiger partial charge is 0.497 e. The molecule has 0 N–H and O–H groups in total. The Kier molecular flexibility index (Phi) is 6.80. The van der Waals surface area contributed by atoms with Crippen molar-refractivity contribution in [2.45, 2.75) is 13.1 Å². The molecule has 0 spiro atoms. The minimum atomic E-state index is -0.586. The van der Waals surface area contributed by atoms with Crippen LogP contribution in [0.1, 0.15) is 5.69 Å². The SMILES string of the molecule is COc1ccc(-c2nc(CN3CCN(C(=O)Cn4cc([N+](=O)[O-])ccc4=O)CC3)cs2)cc1. The summed E-state index contributed by atoms with van der Waals surface area (Å²) in [6, 6.07) is 10.0. The fourth-order valence-corrected chi connectivity index (χ4v) is 4.44. The fourth-order valence-electron chi connectivity index (χ4n) is 3.63. The molecule has 0 bridgehead atoms. The molecule has 0 radical (unpaired) electrons. The number of carbonyl (C=O) groups excluding carboxylic acids is 1. The van der Waals surface area contributed by atoms with Crippen LogP contribution in [0.25, 0.3) is 10.6 Å². The number of rotatable bonds is 7. The summed E-state index contributed by atoms with van der Waals surface area (Å²) in [5.41, 5.74) is 1.36. The number of hydrogen-bond donors (Lipinski definition) is 0. The number of hydrogen-bond acceptors (Lipinski definition) is 8. The molecule has 0 aliphatic carbocycles. The van der Waals surface area contributed by atoms with Crippen molar-refractivity contribution in [2.75, 3.05) is 33.3 Å². The van der Waals surface area contributed by atoms with Crippen LogP contribution in [-0.4, -0.2) is 63.5 Å². The van der Waals surface area contributed by atoms with Gasteiger partial charge >= 0.3 is 0 Å². The van der Waals surface area contributed by atoms with E-state index in [1.165, 1.54) is 0 Å². The van der Waals surface area contributed by atoms with Crippen LogP contribution in [-0.2, 0) is 17.9 Å². The number of benzene rings is 1. The van der Waals surface area contributed by atoms with Gasteiger partial charge in [0.05, 0.1) is 23.9 Å². The van der Waals surface area contributed by atoms with Gasteiger partial charge in [-0.25, -0.2) is 4.98 Å². The van der Waals surface area contributed by atoms with Gasteiger partial charge in [0, 0.05) is 55.8 Å². The zero-order chi connectivity index (χ0) is 23.4. The number of carbonyl (C=O) groups is 1. The summed E-state index contributed by atoms with van der Waals surface area (Å²) in [7, 11) is 1.64. The average molecular weight is 470 g/mol. The third kappa shape index (κ3) is 5.44. The smallest absolute Gasteiger partial charge is 0.285 e. The lowest BCUT2D eigenvalue weighted by Gasteiger charge is -2.34. The highest BCUT2D eigenvalue weighted by Crippen LogP contribution is 2.26. The summed E-state index contributed by atoms with van der Waals surface area (Å²) in [5.74, 6) is 0.575. The van der Waals surface area contributed by atoms with E-state index in [9.17, 15) is 19.7 Å². The summed E-state index contributed by atoms with van der Waals surface area (Å²) >= 11 is 1.59. The molecule has 3 heterocycles. The van der Waals surface area contributed by atoms with Gasteiger partial charge in [0.2, 0.25) is 5.91 Å². The Morgan fingerprint density at radius 2 is 1.88 bits per heavy atom. The van der Waals surface area contributed by atoms with Gasteiger partial charge in [-0.1, -0.05) is 0 Å². The van der Waals surface area contributed by atoms with Crippen molar-refractivity contribution >= 4 is 22.9 Å². The highest BCUT2D eigenvalue weighted by molar-refractivity contribution is 7.13. The van der Waals surface area contributed by atoms with Crippen molar-refractivity contribution < 1.29 is 14.5 Å². The van der Waals surface area contributed by atoms with E-state index in [0.717, 1.165) is 44.9 Å². The van der Waals surface area contributed by atoms with Crippen LogP contribution < -0.4 is 10.3 Å². The molecule has 4 rings (SSSR count). The van der Waals surface area contributed by atoms with E-state index in [2.05, 4.69) is 4.90 Å². The number of thiazole rings is 1. The molecule has 3 aromatic rings. The van der Waals surface area contributed by atoms with Gasteiger partial charge in [0.25, 0.3) is 11.2 Å². The Morgan fingerprint density at radius 3 is 2.55 bits per heavy atom. The lowest BCUT2D eigenvalue weighted by Crippen LogP contribution is -2.49. The molecule has 1 fully saturated rings. The molecular formula is C22H23N5O5S. The van der Waals surface area contributed by atoms with Crippen LogP contribution in [0.2, 0.25) is 0 Å². The van der Waals surface area contributed by atoms with Crippen LogP contribution in [0.15, 0.2) is 52.8 Å². The predicted molar refractivity (Wildman–Crippen MR) is 123 cm³/mol. The van der Waals surface area contributed by atoms with E-state index in [1.54, 1.807) is 23.3 Å². The van der Waals surface area contributed by atoms with Gasteiger partial charge in [-0.15, -0.1) is 11.3 Å². The van der Waals surface area contributed by atoms with Gasteiger partial charge in [0.15, 0.2) is 0 Å². The number of nitrogens with zero attached hydrogens (tertiary/aromatic N) is 5. The molecule has 0 unspecified atom stereocenters. The summed E-state index contributed by atoms with van der Waals surface area (Å²) < 4.78 is 6.28. The zero-order valence-electron chi connectivity index (χ0n) is 18.0. The van der Waals surface area contributed by atoms with Gasteiger partial charge in [-0.3, -0.25) is 29.2 Å². The minimum absolute atomic E-state index is 0.210. The maximum atomic E-state index is 12.6. The first-order chi connectivity index (χ1) is 15.9. The van der Waals surface area contributed by atoms with E-state index < -0.39 is 10.5 Å². The quantitative estimate of drug-likeness (QED) is 0.385. The second-order valence-electron chi connectivity index (χ2n) is 7.64. The second-order valence-corrected chi connectivity index (χ2v) is 8.50. The molecule has 11 heteroatoms. The number of ether oxygens (including phenoxy) is 1. The monoisotopic (exact) mass is 469 g/mol. The van der Waals surface area contributed by atoms with Crippen molar-refractivity contribution in [1.82, 2.24) is 19.4 Å². The molecule has 0 saturated carbocycles. The average Bonchev–Trinajstić information content (AvgIpc) is 3.29. The van der Waals surface area contributed by atoms with E-state index in [0.29, 0.717) is 32.7 Å². The van der Waals surface area contributed by atoms with Crippen molar-refractivity contribution in [1.29, 1.82) is 0 Å². The Morgan fingerprint density at radius 1 is 1.15 bits per heavy atom. The Hall–Kier alpha value is -3.57. The highest BCUT2D eigenvalue weighted by atomic mass is 32.1. The number of aromatic nitrogens is 2. The molecule has 1 amide bonds. The molecule has 2 aromatic heterocycles. The van der Waals surface area contributed by atoms with Crippen molar-refractivity contribution in [2.24, 2.45) is 0 Å². The van der Waals surface area contributed by atoms with Gasteiger partial charge < -0.3 is 9.64 Å². The molecule has 1 aliphatic heterocycles. The minimum Gasteiger partial charge on any atom is -0.497 e. The molecule has 1 saturated heterocycles. The van der Waals surface area contributed by atoms with Crippen molar-refractivity contribution in [3.05, 3.63) is 74.1 Å². The number of nitro groups is 1. The van der Waals surface area contributed by atoms with E-state index >= 15 is 0 Å². The standard InChI is InChI=1S/C22H23N5O5S/c1-32-19-5-2-16(3-6-19)22-23-17(15-33-22)12-24-8-10-25(11-9-24)21(29)14-26-13-18(27(30)31)4-7-20(26)28/h2-7,13,15H,8-12,14H2,1H3. The number of pyridine rings is 1. The molecule has 172 valence electrons. The maximum Gasteiger partial charge on any atom is 0.285 e. The summed E-state index contributed by atoms with van der Waals surface area (Å²) in [4.78, 5) is 43.6. The van der Waals surface area contributed by atoms with Crippen LogP contribution >= 0.6 is 11.3 Å². The third-order valence-corrected chi connectivity index (χ3v) is 6.42. The third-order valence-electron chi connectivity index (χ3n) is 5.48. The van der Waals surface area contributed by atoms with Crippen LogP contribution in [0.3, 0.4) is 0 Å². The first-order valence-corrected chi connectivity index (χ1v) is 11.2. The first kappa shape index (κ1) is 22.6. The lowest BCUT2D eigenvalue weighted by atomic mass is 10.2. The topological polar surface area (TPSA) is 111 Å². The summed E-state index contributed by atoms with van der Waals surface area (Å²) in [6.07, 6.45) is 1.11. The van der Waals surface area contributed by atoms with Gasteiger partial charge in [-0.2, -0.15) is 0 Å². The van der Waals surface area contributed by atoms with E-state index in [1.807, 2.05) is 29.6 Å². The Bertz CT molecular complexity index is 1200. The van der Waals surface area contributed by atoms with Crippen molar-refractivity contribution in [3.8, 4) is 16.3 Å². The van der Waals surface area contributed by atoms with Crippen molar-refractivity contribution in [3.63, 3.8) is 0 Å². The molecule has 0 atom stereocenters. The highest BCUT2D eigenvalue weighted by Gasteiger charge is 2.22. The molecule has 1 aliphatic rings. The normalized spacial score (nSPS) is 14.3. The van der Waals surface area contributed by atoms with Gasteiger partial charge in [0.1, 0.15) is 17.3 Å². The number of methoxy groups -OCH3 is 1. The number of amides is 1. The van der Waals surface area contributed by atoms with Crippen LogP contribution in [0.5, 0.6) is 5.75 Å². The molecule has 1 aromatic carbocycles. The summed E-state index contributed by atoms with van der Waals surface area (Å²) in [6.45, 7) is 2.91. The number of piperazine rings is 1. The fraction of sp³-hybridized carbons (Fsp3) is 0.318. The van der Waals surface area contributed by atoms with E-state index in [-0.39, 0.29) is 18.1 Å². The molecular weight excluding hydrogens is 446 g/mol. The molecule has 10 nitrogen and oxygen atoms in total. The lowest BCUT2D eigenvalue weighted by molar-refractivity contribution is -0.385. The maximum absolute atomic E-state index is 12.6. The predicted octanol–water partition coefficient (Wildman–Crippen LogP) is 2.23. The first-order valence-electron chi connectivity index (χ1n) is 10.4. The van der Waals surface area contributed by atoms with Crippen LogP contribution in [0, 0.1) is 10.1 Å². The Labute approximate surface area is 193 Å². The van der Waals surface area contributed by atoms with Gasteiger partial charge in [-0.05, 0) is 24.3 Å². The summed E-state index contributed by atoms with van der Waals surface area (Å²) in [5, 5.41) is 13.9. The second kappa shape index (κ2) is 9.92. The van der Waals surface area contributed by atoms with Crippen LogP contribution in [0.4, 0.5) is 5.69 Å². The molecule has 33 heavy (non-hydrogen) atoms. The zero-order valence-corrected chi connectivity index (χ0v) is 18.9.